The summed E-state index contributed by atoms with van der Waals surface area (Å²) in [4.78, 5) is 28.2. The number of Topliss-reactive ketones (excluding diaryl/α,β-unsaturated/α-hetero) is 1. The van der Waals surface area contributed by atoms with Crippen LogP contribution in [-0.4, -0.2) is 49.3 Å². The van der Waals surface area contributed by atoms with Gasteiger partial charge in [0.25, 0.3) is 0 Å². The van der Waals surface area contributed by atoms with E-state index in [0.29, 0.717) is 6.54 Å². The fourth-order valence-electron chi connectivity index (χ4n) is 3.34. The minimum atomic E-state index is 0.0301. The monoisotopic (exact) mass is 365 g/mol. The lowest BCUT2D eigenvalue weighted by molar-refractivity contribution is -0.117. The van der Waals surface area contributed by atoms with E-state index in [0.717, 1.165) is 49.5 Å². The van der Waals surface area contributed by atoms with Crippen molar-refractivity contribution in [2.75, 3.05) is 42.9 Å². The molecule has 2 aromatic carbocycles. The number of anilines is 2. The van der Waals surface area contributed by atoms with Gasteiger partial charge >= 0.3 is 0 Å². The molecule has 0 atom stereocenters. The number of piperazine rings is 1. The Morgan fingerprint density at radius 2 is 1.70 bits per heavy atom. The van der Waals surface area contributed by atoms with E-state index >= 15 is 0 Å². The van der Waals surface area contributed by atoms with Gasteiger partial charge in [0, 0.05) is 43.1 Å². The molecule has 5 nitrogen and oxygen atoms in total. The third kappa shape index (κ3) is 5.17. The van der Waals surface area contributed by atoms with Crippen LogP contribution in [0.2, 0.25) is 0 Å². The van der Waals surface area contributed by atoms with Crippen LogP contribution in [0.5, 0.6) is 0 Å². The summed E-state index contributed by atoms with van der Waals surface area (Å²) in [7, 11) is 0. The van der Waals surface area contributed by atoms with E-state index in [-0.39, 0.29) is 11.7 Å². The first-order valence-corrected chi connectivity index (χ1v) is 9.52. The smallest absolute Gasteiger partial charge is 0.238 e. The molecule has 27 heavy (non-hydrogen) atoms. The van der Waals surface area contributed by atoms with E-state index < -0.39 is 0 Å². The molecule has 0 unspecified atom stereocenters. The van der Waals surface area contributed by atoms with Gasteiger partial charge in [0.15, 0.2) is 5.78 Å². The molecule has 0 spiro atoms. The SMILES string of the molecule is CCc1cccc(NC(=O)CN2CCN(c3ccc(C(C)=O)cc3)CC2)c1. The van der Waals surface area contributed by atoms with Gasteiger partial charge in [0.2, 0.25) is 5.91 Å². The molecule has 0 bridgehead atoms. The zero-order valence-corrected chi connectivity index (χ0v) is 16.1. The zero-order valence-electron chi connectivity index (χ0n) is 16.1. The lowest BCUT2D eigenvalue weighted by atomic mass is 10.1. The third-order valence-corrected chi connectivity index (χ3v) is 5.00. The fraction of sp³-hybridized carbons (Fsp3) is 0.364. The number of benzene rings is 2. The van der Waals surface area contributed by atoms with Gasteiger partial charge in [-0.3, -0.25) is 14.5 Å². The topological polar surface area (TPSA) is 52.7 Å². The van der Waals surface area contributed by atoms with Crippen LogP contribution in [0.25, 0.3) is 0 Å². The number of ketones is 1. The van der Waals surface area contributed by atoms with Crippen LogP contribution in [0.3, 0.4) is 0 Å². The van der Waals surface area contributed by atoms with E-state index in [2.05, 4.69) is 28.1 Å². The summed E-state index contributed by atoms with van der Waals surface area (Å²) in [6.07, 6.45) is 0.957. The van der Waals surface area contributed by atoms with E-state index in [1.165, 1.54) is 5.56 Å². The molecule has 1 N–H and O–H groups in total. The van der Waals surface area contributed by atoms with Crippen LogP contribution in [-0.2, 0) is 11.2 Å². The van der Waals surface area contributed by atoms with Crippen LogP contribution in [0.1, 0.15) is 29.8 Å². The molecule has 0 aliphatic carbocycles. The Labute approximate surface area is 161 Å². The Morgan fingerprint density at radius 3 is 2.33 bits per heavy atom. The Hall–Kier alpha value is -2.66. The average molecular weight is 365 g/mol. The summed E-state index contributed by atoms with van der Waals surface area (Å²) in [5, 5.41) is 3.00. The molecule has 2 aromatic rings. The van der Waals surface area contributed by atoms with Crippen LogP contribution in [0.15, 0.2) is 48.5 Å². The van der Waals surface area contributed by atoms with Crippen molar-refractivity contribution >= 4 is 23.1 Å². The summed E-state index contributed by atoms with van der Waals surface area (Å²) in [5.41, 5.74) is 3.95. The predicted octanol–water partition coefficient (Wildman–Crippen LogP) is 3.21. The third-order valence-electron chi connectivity index (χ3n) is 5.00. The highest BCUT2D eigenvalue weighted by Gasteiger charge is 2.19. The molecule has 1 saturated heterocycles. The zero-order chi connectivity index (χ0) is 19.2. The van der Waals surface area contributed by atoms with Crippen LogP contribution < -0.4 is 10.2 Å². The van der Waals surface area contributed by atoms with E-state index in [9.17, 15) is 9.59 Å². The van der Waals surface area contributed by atoms with E-state index in [1.807, 2.05) is 42.5 Å². The standard InChI is InChI=1S/C22H27N3O2/c1-3-18-5-4-6-20(15-18)23-22(27)16-24-11-13-25(14-12-24)21-9-7-19(8-10-21)17(2)26/h4-10,15H,3,11-14,16H2,1-2H3,(H,23,27). The minimum absolute atomic E-state index is 0.0301. The highest BCUT2D eigenvalue weighted by Crippen LogP contribution is 2.18. The first-order valence-electron chi connectivity index (χ1n) is 9.52. The molecule has 0 aromatic heterocycles. The first kappa shape index (κ1) is 19.1. The number of carbonyl (C=O) groups excluding carboxylic acids is 2. The number of hydrogen-bond acceptors (Lipinski definition) is 4. The lowest BCUT2D eigenvalue weighted by Crippen LogP contribution is -2.48. The molecule has 5 heteroatoms. The molecule has 1 aliphatic heterocycles. The van der Waals surface area contributed by atoms with Gasteiger partial charge in [-0.15, -0.1) is 0 Å². The van der Waals surface area contributed by atoms with Crippen molar-refractivity contribution < 1.29 is 9.59 Å². The Balaban J connectivity index is 1.48. The number of hydrogen-bond donors (Lipinski definition) is 1. The first-order chi connectivity index (χ1) is 13.0. The van der Waals surface area contributed by atoms with Crippen molar-refractivity contribution in [1.82, 2.24) is 4.90 Å². The Kier molecular flexibility index (Phi) is 6.24. The van der Waals surface area contributed by atoms with Crippen molar-refractivity contribution in [2.45, 2.75) is 20.3 Å². The van der Waals surface area contributed by atoms with Crippen molar-refractivity contribution in [2.24, 2.45) is 0 Å². The molecule has 1 aliphatic rings. The second kappa shape index (κ2) is 8.82. The summed E-state index contributed by atoms with van der Waals surface area (Å²) in [6, 6.07) is 15.8. The van der Waals surface area contributed by atoms with Crippen molar-refractivity contribution in [3.8, 4) is 0 Å². The normalized spacial score (nSPS) is 14.8. The van der Waals surface area contributed by atoms with Crippen molar-refractivity contribution in [1.29, 1.82) is 0 Å². The summed E-state index contributed by atoms with van der Waals surface area (Å²) in [6.45, 7) is 7.53. The van der Waals surface area contributed by atoms with Gasteiger partial charge in [-0.05, 0) is 55.3 Å². The minimum Gasteiger partial charge on any atom is -0.369 e. The Morgan fingerprint density at radius 1 is 1.00 bits per heavy atom. The maximum absolute atomic E-state index is 12.3. The second-order valence-electron chi connectivity index (χ2n) is 6.97. The number of aryl methyl sites for hydroxylation is 1. The highest BCUT2D eigenvalue weighted by molar-refractivity contribution is 5.94. The molecule has 1 fully saturated rings. The number of amides is 1. The van der Waals surface area contributed by atoms with Gasteiger partial charge < -0.3 is 10.2 Å². The Bertz CT molecular complexity index is 793. The number of nitrogens with zero attached hydrogens (tertiary/aromatic N) is 2. The lowest BCUT2D eigenvalue weighted by Gasteiger charge is -2.35. The molecule has 1 amide bonds. The predicted molar refractivity (Wildman–Crippen MR) is 110 cm³/mol. The number of rotatable bonds is 6. The average Bonchev–Trinajstić information content (AvgIpc) is 2.68. The molecular weight excluding hydrogens is 338 g/mol. The van der Waals surface area contributed by atoms with Gasteiger partial charge in [-0.25, -0.2) is 0 Å². The van der Waals surface area contributed by atoms with Crippen molar-refractivity contribution in [3.63, 3.8) is 0 Å². The summed E-state index contributed by atoms with van der Waals surface area (Å²) in [5.74, 6) is 0.115. The van der Waals surface area contributed by atoms with E-state index in [1.54, 1.807) is 6.92 Å². The van der Waals surface area contributed by atoms with Gasteiger partial charge in [0.1, 0.15) is 0 Å². The molecule has 3 rings (SSSR count). The van der Waals surface area contributed by atoms with Crippen LogP contribution in [0, 0.1) is 0 Å². The van der Waals surface area contributed by atoms with Gasteiger partial charge in [-0.2, -0.15) is 0 Å². The van der Waals surface area contributed by atoms with Gasteiger partial charge in [0.05, 0.1) is 6.54 Å². The summed E-state index contributed by atoms with van der Waals surface area (Å²) >= 11 is 0. The second-order valence-corrected chi connectivity index (χ2v) is 6.97. The van der Waals surface area contributed by atoms with E-state index in [4.69, 9.17) is 0 Å². The van der Waals surface area contributed by atoms with Crippen LogP contribution in [0.4, 0.5) is 11.4 Å². The molecule has 0 saturated carbocycles. The number of carbonyl (C=O) groups is 2. The maximum Gasteiger partial charge on any atom is 0.238 e. The maximum atomic E-state index is 12.3. The molecule has 142 valence electrons. The van der Waals surface area contributed by atoms with Crippen molar-refractivity contribution in [3.05, 3.63) is 59.7 Å². The molecule has 1 heterocycles. The molecule has 0 radical (unpaired) electrons. The van der Waals surface area contributed by atoms with Gasteiger partial charge in [-0.1, -0.05) is 19.1 Å². The highest BCUT2D eigenvalue weighted by atomic mass is 16.2. The summed E-state index contributed by atoms with van der Waals surface area (Å²) < 4.78 is 0. The number of nitrogens with one attached hydrogen (secondary N) is 1. The largest absolute Gasteiger partial charge is 0.369 e. The molecular formula is C22H27N3O2. The van der Waals surface area contributed by atoms with Crippen LogP contribution >= 0.6 is 0 Å². The fourth-order valence-corrected chi connectivity index (χ4v) is 3.34. The quantitative estimate of drug-likeness (QED) is 0.799.